The van der Waals surface area contributed by atoms with Crippen LogP contribution in [-0.2, 0) is 6.42 Å². The molecule has 0 amide bonds. The van der Waals surface area contributed by atoms with Crippen molar-refractivity contribution in [3.8, 4) is 0 Å². The van der Waals surface area contributed by atoms with Crippen LogP contribution in [0.1, 0.15) is 81.3 Å². The van der Waals surface area contributed by atoms with Crippen LogP contribution in [0, 0.1) is 5.92 Å². The zero-order valence-corrected chi connectivity index (χ0v) is 13.3. The first-order valence-electron chi connectivity index (χ1n) is 9.09. The molecule has 3 rings (SSSR count). The van der Waals surface area contributed by atoms with Crippen LogP contribution in [-0.4, -0.2) is 11.2 Å². The Hall–Kier alpha value is -0.820. The second-order valence-electron chi connectivity index (χ2n) is 7.26. The lowest BCUT2D eigenvalue weighted by Gasteiger charge is -2.28. The average molecular weight is 286 g/mol. The predicted molar refractivity (Wildman–Crippen MR) is 88.6 cm³/mol. The zero-order valence-electron chi connectivity index (χ0n) is 13.3. The molecule has 0 radical (unpaired) electrons. The molecule has 2 atom stereocenters. The lowest BCUT2D eigenvalue weighted by atomic mass is 9.79. The Balaban J connectivity index is 1.49. The summed E-state index contributed by atoms with van der Waals surface area (Å²) >= 11 is 0. The summed E-state index contributed by atoms with van der Waals surface area (Å²) in [5, 5.41) is 10.5. The number of hydrogen-bond acceptors (Lipinski definition) is 1. The Labute approximate surface area is 129 Å². The molecule has 1 aromatic carbocycles. The van der Waals surface area contributed by atoms with Crippen molar-refractivity contribution in [3.63, 3.8) is 0 Å². The van der Waals surface area contributed by atoms with Gasteiger partial charge in [-0.3, -0.25) is 0 Å². The molecule has 2 aliphatic carbocycles. The topological polar surface area (TPSA) is 20.2 Å². The van der Waals surface area contributed by atoms with Crippen LogP contribution in [0.25, 0.3) is 0 Å². The zero-order chi connectivity index (χ0) is 14.5. The molecule has 0 heterocycles. The van der Waals surface area contributed by atoms with Crippen molar-refractivity contribution in [1.82, 2.24) is 0 Å². The van der Waals surface area contributed by atoms with Crippen molar-refractivity contribution < 1.29 is 5.11 Å². The minimum atomic E-state index is -0.0944. The van der Waals surface area contributed by atoms with Crippen LogP contribution in [0.15, 0.2) is 24.3 Å². The van der Waals surface area contributed by atoms with Crippen LogP contribution in [0.3, 0.4) is 0 Å². The van der Waals surface area contributed by atoms with Gasteiger partial charge >= 0.3 is 0 Å². The van der Waals surface area contributed by atoms with Gasteiger partial charge in [0.15, 0.2) is 0 Å². The molecule has 1 aromatic rings. The Bertz CT molecular complexity index is 433. The third kappa shape index (κ3) is 4.10. The van der Waals surface area contributed by atoms with Gasteiger partial charge in [0.05, 0.1) is 6.10 Å². The van der Waals surface area contributed by atoms with E-state index in [9.17, 15) is 5.11 Å². The fourth-order valence-corrected chi connectivity index (χ4v) is 4.45. The van der Waals surface area contributed by atoms with Crippen molar-refractivity contribution in [3.05, 3.63) is 35.4 Å². The summed E-state index contributed by atoms with van der Waals surface area (Å²) in [5.41, 5.74) is 3.04. The van der Waals surface area contributed by atoms with Crippen molar-refractivity contribution in [2.45, 2.75) is 82.7 Å². The van der Waals surface area contributed by atoms with E-state index in [4.69, 9.17) is 0 Å². The molecule has 1 fully saturated rings. The number of aliphatic hydroxyl groups excluding tert-OH is 1. The van der Waals surface area contributed by atoms with Gasteiger partial charge in [0.1, 0.15) is 0 Å². The molecular weight excluding hydrogens is 256 g/mol. The molecule has 0 aliphatic heterocycles. The lowest BCUT2D eigenvalue weighted by Crippen LogP contribution is -2.18. The van der Waals surface area contributed by atoms with Gasteiger partial charge in [-0.2, -0.15) is 0 Å². The maximum atomic E-state index is 10.5. The summed E-state index contributed by atoms with van der Waals surface area (Å²) in [7, 11) is 0. The normalized spacial score (nSPS) is 24.5. The van der Waals surface area contributed by atoms with Crippen molar-refractivity contribution in [1.29, 1.82) is 0 Å². The summed E-state index contributed by atoms with van der Waals surface area (Å²) in [4.78, 5) is 0. The van der Waals surface area contributed by atoms with Crippen LogP contribution >= 0.6 is 0 Å². The van der Waals surface area contributed by atoms with E-state index in [1.165, 1.54) is 68.9 Å². The van der Waals surface area contributed by atoms with E-state index in [0.29, 0.717) is 5.92 Å². The summed E-state index contributed by atoms with van der Waals surface area (Å²) < 4.78 is 0. The predicted octanol–water partition coefficient (Wildman–Crippen LogP) is 5.22. The van der Waals surface area contributed by atoms with Gasteiger partial charge in [0.25, 0.3) is 0 Å². The third-order valence-corrected chi connectivity index (χ3v) is 5.68. The van der Waals surface area contributed by atoms with Gasteiger partial charge in [-0.25, -0.2) is 0 Å². The highest BCUT2D eigenvalue weighted by Gasteiger charge is 2.23. The summed E-state index contributed by atoms with van der Waals surface area (Å²) in [6.45, 7) is 0. The minimum absolute atomic E-state index is 0.0944. The highest BCUT2D eigenvalue weighted by atomic mass is 16.3. The van der Waals surface area contributed by atoms with Crippen LogP contribution in [0.4, 0.5) is 0 Å². The number of fused-ring (bicyclic) bond motifs is 1. The quantitative estimate of drug-likeness (QED) is 0.787. The first kappa shape index (κ1) is 15.1. The molecule has 1 heteroatoms. The fraction of sp³-hybridized carbons (Fsp3) is 0.700. The second kappa shape index (κ2) is 7.45. The molecule has 0 spiro atoms. The van der Waals surface area contributed by atoms with Crippen molar-refractivity contribution in [2.24, 2.45) is 5.92 Å². The van der Waals surface area contributed by atoms with E-state index in [-0.39, 0.29) is 6.10 Å². The second-order valence-corrected chi connectivity index (χ2v) is 7.26. The van der Waals surface area contributed by atoms with Gasteiger partial charge in [-0.15, -0.1) is 0 Å². The number of benzene rings is 1. The number of rotatable bonds is 5. The van der Waals surface area contributed by atoms with Crippen LogP contribution in [0.5, 0.6) is 0 Å². The van der Waals surface area contributed by atoms with E-state index in [1.807, 2.05) is 0 Å². The van der Waals surface area contributed by atoms with E-state index in [2.05, 4.69) is 24.3 Å². The smallest absolute Gasteiger partial charge is 0.0546 e. The molecular formula is C20H30O. The molecule has 1 N–H and O–H groups in total. The fourth-order valence-electron chi connectivity index (χ4n) is 4.45. The van der Waals surface area contributed by atoms with E-state index in [1.54, 1.807) is 0 Å². The highest BCUT2D eigenvalue weighted by Crippen LogP contribution is 2.36. The van der Waals surface area contributed by atoms with Gasteiger partial charge in [-0.1, -0.05) is 56.4 Å². The van der Waals surface area contributed by atoms with E-state index >= 15 is 0 Å². The Kier molecular flexibility index (Phi) is 5.35. The molecule has 0 saturated heterocycles. The monoisotopic (exact) mass is 286 g/mol. The number of hydrogen-bond donors (Lipinski definition) is 1. The lowest BCUT2D eigenvalue weighted by molar-refractivity contribution is 0.129. The van der Waals surface area contributed by atoms with Crippen molar-refractivity contribution in [2.75, 3.05) is 0 Å². The molecule has 1 saturated carbocycles. The minimum Gasteiger partial charge on any atom is -0.393 e. The van der Waals surface area contributed by atoms with Crippen LogP contribution in [0.2, 0.25) is 0 Å². The van der Waals surface area contributed by atoms with E-state index < -0.39 is 0 Å². The summed E-state index contributed by atoms with van der Waals surface area (Å²) in [6.07, 6.45) is 14.0. The molecule has 0 aromatic heterocycles. The Morgan fingerprint density at radius 2 is 1.81 bits per heavy atom. The highest BCUT2D eigenvalue weighted by molar-refractivity contribution is 5.32. The SMILES string of the molecule is OC(CCC1CCCCC1)CC1CCCc2ccccc21. The molecule has 2 unspecified atom stereocenters. The Morgan fingerprint density at radius 1 is 1.00 bits per heavy atom. The molecule has 1 nitrogen and oxygen atoms in total. The molecule has 116 valence electrons. The van der Waals surface area contributed by atoms with E-state index in [0.717, 1.165) is 18.8 Å². The standard InChI is InChI=1S/C20H30O/c21-19(14-13-16-7-2-1-3-8-16)15-18-11-6-10-17-9-4-5-12-20(17)18/h4-5,9,12,16,18-19,21H,1-3,6-8,10-11,13-15H2. The summed E-state index contributed by atoms with van der Waals surface area (Å²) in [6, 6.07) is 8.87. The summed E-state index contributed by atoms with van der Waals surface area (Å²) in [5.74, 6) is 1.49. The molecule has 2 aliphatic rings. The largest absolute Gasteiger partial charge is 0.393 e. The number of aryl methyl sites for hydroxylation is 1. The van der Waals surface area contributed by atoms with Gasteiger partial charge in [0, 0.05) is 0 Å². The van der Waals surface area contributed by atoms with Crippen LogP contribution < -0.4 is 0 Å². The molecule has 0 bridgehead atoms. The molecule has 21 heavy (non-hydrogen) atoms. The first-order chi connectivity index (χ1) is 10.3. The number of aliphatic hydroxyl groups is 1. The Morgan fingerprint density at radius 3 is 2.67 bits per heavy atom. The van der Waals surface area contributed by atoms with Gasteiger partial charge < -0.3 is 5.11 Å². The van der Waals surface area contributed by atoms with Gasteiger partial charge in [0.2, 0.25) is 0 Å². The van der Waals surface area contributed by atoms with Crippen molar-refractivity contribution >= 4 is 0 Å². The van der Waals surface area contributed by atoms with Gasteiger partial charge in [-0.05, 0) is 61.5 Å². The average Bonchev–Trinajstić information content (AvgIpc) is 2.54. The first-order valence-corrected chi connectivity index (χ1v) is 9.09. The maximum Gasteiger partial charge on any atom is 0.0546 e. The maximum absolute atomic E-state index is 10.5. The third-order valence-electron chi connectivity index (χ3n) is 5.68.